The number of guanidine groups is 1. The number of thioether (sulfide) groups is 1. The van der Waals surface area contributed by atoms with Crippen LogP contribution in [-0.2, 0) is 20.7 Å². The standard InChI is InChI=1S/C19H23BrN2O2S.C18H22BrN3O2.CH4.HI.H3N/c1-12-6-8-18(9-7-12)11-19(16(23)22(2)17(21-19)25-3)14-10-13(20)4-5-15(14)24-18;1-11-5-7-17(8-6-11)10-18(15(23)22(2)16(20)21-18)13-9-12(19)3-4-14(13)24-17;;;/h4-5,10,12H,6-9,11H2,1-3H3;3-4,9,11H,5-8,10H2,1-2H3,(H2,20,21);1H4;1H;1H3. The van der Waals surface area contributed by atoms with E-state index < -0.39 is 11.1 Å². The van der Waals surface area contributed by atoms with E-state index >= 15 is 0 Å². The van der Waals surface area contributed by atoms with E-state index in [-0.39, 0.29) is 66.5 Å². The molecule has 8 rings (SSSR count). The molecule has 2 amide bonds. The molecule has 286 valence electrons. The van der Waals surface area contributed by atoms with Gasteiger partial charge in [-0.3, -0.25) is 19.4 Å². The third-order valence-corrected chi connectivity index (χ3v) is 13.4. The van der Waals surface area contributed by atoms with Crippen LogP contribution in [-0.4, -0.2) is 64.3 Å². The van der Waals surface area contributed by atoms with Crippen molar-refractivity contribution in [3.8, 4) is 11.5 Å². The van der Waals surface area contributed by atoms with Crippen molar-refractivity contribution in [2.45, 2.75) is 108 Å². The Labute approximate surface area is 346 Å². The monoisotopic (exact) mass is 974 g/mol. The number of hydrogen-bond acceptors (Lipinski definition) is 9. The number of benzene rings is 2. The molecule has 0 bridgehead atoms. The number of fused-ring (bicyclic) bond motifs is 4. The summed E-state index contributed by atoms with van der Waals surface area (Å²) in [5.74, 6) is 3.31. The number of amidine groups is 1. The highest BCUT2D eigenvalue weighted by Gasteiger charge is 2.60. The molecule has 0 radical (unpaired) electrons. The SMILES string of the molecule is C.CC1CCC2(CC1)CC1(N=C(N)N(C)C1=O)c1cc(Br)ccc1O2.CSC1=NC2(CC3(CCC(C)CC3)Oc3ccc(Br)cc32)C(=O)N1C.I.N. The molecule has 0 saturated heterocycles. The number of amides is 2. The van der Waals surface area contributed by atoms with E-state index in [9.17, 15) is 9.59 Å². The van der Waals surface area contributed by atoms with E-state index in [4.69, 9.17) is 20.2 Å². The second kappa shape index (κ2) is 15.7. The van der Waals surface area contributed by atoms with Gasteiger partial charge in [-0.15, -0.1) is 24.0 Å². The minimum absolute atomic E-state index is 0. The molecule has 10 nitrogen and oxygen atoms in total. The number of hydrogen-bond donors (Lipinski definition) is 2. The van der Waals surface area contributed by atoms with Crippen molar-refractivity contribution in [1.29, 1.82) is 0 Å². The quantitative estimate of drug-likeness (QED) is 0.251. The van der Waals surface area contributed by atoms with Gasteiger partial charge in [0.2, 0.25) is 0 Å². The molecule has 2 aliphatic carbocycles. The molecule has 2 fully saturated rings. The first-order chi connectivity index (χ1) is 23.2. The summed E-state index contributed by atoms with van der Waals surface area (Å²) < 4.78 is 14.9. The average molecular weight is 977 g/mol. The summed E-state index contributed by atoms with van der Waals surface area (Å²) in [5, 5.41) is 0.789. The summed E-state index contributed by atoms with van der Waals surface area (Å²) in [6, 6.07) is 11.8. The summed E-state index contributed by atoms with van der Waals surface area (Å²) in [4.78, 5) is 39.3. The van der Waals surface area contributed by atoms with Crippen molar-refractivity contribution in [1.82, 2.24) is 16.0 Å². The molecule has 4 spiro atoms. The van der Waals surface area contributed by atoms with E-state index in [2.05, 4.69) is 50.7 Å². The predicted molar refractivity (Wildman–Crippen MR) is 228 cm³/mol. The third-order valence-electron chi connectivity index (χ3n) is 11.7. The normalized spacial score (nSPS) is 32.7. The molecular weight excluding hydrogens is 923 g/mol. The van der Waals surface area contributed by atoms with Gasteiger partial charge in [-0.2, -0.15) is 0 Å². The zero-order valence-corrected chi connectivity index (χ0v) is 36.3. The maximum absolute atomic E-state index is 13.3. The highest BCUT2D eigenvalue weighted by atomic mass is 127. The van der Waals surface area contributed by atoms with E-state index in [0.29, 0.717) is 18.8 Å². The van der Waals surface area contributed by atoms with Gasteiger partial charge in [0.25, 0.3) is 11.8 Å². The van der Waals surface area contributed by atoms with Gasteiger partial charge >= 0.3 is 0 Å². The van der Waals surface area contributed by atoms with Gasteiger partial charge in [-0.1, -0.05) is 64.9 Å². The molecule has 0 aromatic heterocycles. The smallest absolute Gasteiger partial charge is 0.261 e. The Morgan fingerprint density at radius 1 is 0.769 bits per heavy atom. The van der Waals surface area contributed by atoms with Crippen LogP contribution in [0.3, 0.4) is 0 Å². The molecule has 2 atom stereocenters. The van der Waals surface area contributed by atoms with Gasteiger partial charge in [0.05, 0.1) is 0 Å². The molecule has 4 aliphatic heterocycles. The molecule has 6 aliphatic rings. The Bertz CT molecular complexity index is 1760. The first-order valence-electron chi connectivity index (χ1n) is 17.3. The summed E-state index contributed by atoms with van der Waals surface area (Å²) in [5.41, 5.74) is 5.34. The lowest BCUT2D eigenvalue weighted by atomic mass is 9.69. The van der Waals surface area contributed by atoms with Crippen molar-refractivity contribution in [2.24, 2.45) is 27.6 Å². The number of rotatable bonds is 0. The fourth-order valence-electron chi connectivity index (χ4n) is 8.74. The van der Waals surface area contributed by atoms with Gasteiger partial charge in [0.1, 0.15) is 22.7 Å². The Kier molecular flexibility index (Phi) is 12.9. The summed E-state index contributed by atoms with van der Waals surface area (Å²) in [6.07, 6.45) is 11.6. The fraction of sp³-hybridized carbons (Fsp3) is 0.579. The van der Waals surface area contributed by atoms with Crippen LogP contribution < -0.4 is 21.4 Å². The van der Waals surface area contributed by atoms with Gasteiger partial charge in [-0.25, -0.2) is 9.98 Å². The molecule has 2 saturated carbocycles. The highest BCUT2D eigenvalue weighted by Crippen LogP contribution is 2.55. The molecule has 5 N–H and O–H groups in total. The van der Waals surface area contributed by atoms with Gasteiger partial charge in [0.15, 0.2) is 22.2 Å². The lowest BCUT2D eigenvalue weighted by Crippen LogP contribution is -2.53. The topological polar surface area (TPSA) is 145 Å². The maximum atomic E-state index is 13.3. The van der Waals surface area contributed by atoms with Crippen LogP contribution in [0.25, 0.3) is 0 Å². The van der Waals surface area contributed by atoms with Crippen molar-refractivity contribution in [2.75, 3.05) is 20.4 Å². The number of aliphatic imine (C=N–C) groups is 2. The summed E-state index contributed by atoms with van der Waals surface area (Å²) in [6.45, 7) is 4.58. The summed E-state index contributed by atoms with van der Waals surface area (Å²) >= 11 is 8.58. The fourth-order valence-corrected chi connectivity index (χ4v) is 10.1. The van der Waals surface area contributed by atoms with Crippen molar-refractivity contribution < 1.29 is 19.1 Å². The van der Waals surface area contributed by atoms with E-state index in [1.165, 1.54) is 16.7 Å². The van der Waals surface area contributed by atoms with Crippen LogP contribution in [0.2, 0.25) is 0 Å². The lowest BCUT2D eigenvalue weighted by Gasteiger charge is -2.47. The van der Waals surface area contributed by atoms with E-state index in [1.807, 2.05) is 49.7 Å². The molecule has 2 aromatic rings. The average Bonchev–Trinajstić information content (AvgIpc) is 3.45. The molecular formula is C38H53Br2IN6O4S. The molecule has 4 heterocycles. The summed E-state index contributed by atoms with van der Waals surface area (Å²) in [7, 11) is 3.52. The first kappa shape index (κ1) is 42.9. The Morgan fingerprint density at radius 2 is 1.17 bits per heavy atom. The molecule has 2 unspecified atom stereocenters. The highest BCUT2D eigenvalue weighted by molar-refractivity contribution is 14.0. The van der Waals surface area contributed by atoms with Crippen LogP contribution in [0.15, 0.2) is 55.3 Å². The second-order valence-electron chi connectivity index (χ2n) is 15.1. The largest absolute Gasteiger partial charge is 0.487 e. The van der Waals surface area contributed by atoms with Crippen LogP contribution in [0.1, 0.15) is 96.6 Å². The zero-order valence-electron chi connectivity index (χ0n) is 30.0. The minimum Gasteiger partial charge on any atom is -0.487 e. The zero-order chi connectivity index (χ0) is 34.9. The maximum Gasteiger partial charge on any atom is 0.261 e. The van der Waals surface area contributed by atoms with Gasteiger partial charge in [0, 0.05) is 47.0 Å². The predicted octanol–water partition coefficient (Wildman–Crippen LogP) is 9.15. The third kappa shape index (κ3) is 7.16. The van der Waals surface area contributed by atoms with Crippen LogP contribution in [0.4, 0.5) is 0 Å². The number of likely N-dealkylation sites (N-methyl/N-ethyl adjacent to an activating group) is 2. The minimum atomic E-state index is -0.948. The second-order valence-corrected chi connectivity index (χ2v) is 17.7. The van der Waals surface area contributed by atoms with Crippen molar-refractivity contribution >= 4 is 90.5 Å². The van der Waals surface area contributed by atoms with Gasteiger partial charge in [-0.05, 0) is 106 Å². The van der Waals surface area contributed by atoms with Crippen LogP contribution in [0, 0.1) is 11.8 Å². The number of carbonyl (C=O) groups excluding carboxylic acids is 2. The lowest BCUT2D eigenvalue weighted by molar-refractivity contribution is -0.135. The number of halogens is 3. The van der Waals surface area contributed by atoms with Crippen molar-refractivity contribution in [3.63, 3.8) is 0 Å². The van der Waals surface area contributed by atoms with E-state index in [0.717, 1.165) is 94.0 Å². The molecule has 2 aromatic carbocycles. The Balaban J connectivity index is 0.000000220. The number of nitrogens with zero attached hydrogens (tertiary/aromatic N) is 4. The molecule has 14 heteroatoms. The van der Waals surface area contributed by atoms with Crippen LogP contribution >= 0.6 is 67.6 Å². The van der Waals surface area contributed by atoms with Gasteiger partial charge < -0.3 is 21.4 Å². The number of nitrogens with two attached hydrogens (primary N) is 1. The molecule has 52 heavy (non-hydrogen) atoms. The van der Waals surface area contributed by atoms with Crippen molar-refractivity contribution in [3.05, 3.63) is 56.5 Å². The first-order valence-corrected chi connectivity index (χ1v) is 20.1. The Hall–Kier alpha value is -1.88. The number of carbonyl (C=O) groups is 2. The number of ether oxygens (including phenoxy) is 2. The van der Waals surface area contributed by atoms with E-state index in [1.54, 1.807) is 11.9 Å². The van der Waals surface area contributed by atoms with Crippen LogP contribution in [0.5, 0.6) is 11.5 Å². The Morgan fingerprint density at radius 3 is 1.54 bits per heavy atom.